The Bertz CT molecular complexity index is 232. The maximum absolute atomic E-state index is 8.79. The van der Waals surface area contributed by atoms with Crippen LogP contribution in [0, 0.1) is 6.92 Å². The molecule has 62 valence electrons. The first-order valence-corrected chi connectivity index (χ1v) is 4.65. The summed E-state index contributed by atoms with van der Waals surface area (Å²) in [6.07, 6.45) is 2.23. The second kappa shape index (κ2) is 3.83. The lowest BCUT2D eigenvalue weighted by Gasteiger charge is -1.90. The molecular weight excluding hydrogens is 158 g/mol. The van der Waals surface area contributed by atoms with Crippen molar-refractivity contribution in [1.29, 1.82) is 0 Å². The second-order valence-corrected chi connectivity index (χ2v) is 3.69. The van der Waals surface area contributed by atoms with Crippen LogP contribution in [0.3, 0.4) is 0 Å². The van der Waals surface area contributed by atoms with Crippen LogP contribution in [0.5, 0.6) is 0 Å². The van der Waals surface area contributed by atoms with E-state index in [1.54, 1.807) is 11.3 Å². The number of hydrogen-bond donors (Lipinski definition) is 1. The normalized spacial score (nSPS) is 10.5. The summed E-state index contributed by atoms with van der Waals surface area (Å²) in [6, 6.07) is 0. The van der Waals surface area contributed by atoms with Crippen LogP contribution < -0.4 is 0 Å². The number of thiazole rings is 1. The molecule has 0 saturated heterocycles. The predicted molar refractivity (Wildman–Crippen MR) is 46.8 cm³/mol. The van der Waals surface area contributed by atoms with Gasteiger partial charge in [0.05, 0.1) is 12.3 Å². The number of rotatable bonds is 3. The molecule has 0 bridgehead atoms. The van der Waals surface area contributed by atoms with Crippen molar-refractivity contribution in [3.05, 3.63) is 15.6 Å². The minimum absolute atomic E-state index is 0.0786. The minimum Gasteiger partial charge on any atom is -0.389 e. The fourth-order valence-corrected chi connectivity index (χ4v) is 2.05. The van der Waals surface area contributed by atoms with E-state index < -0.39 is 0 Å². The Hall–Kier alpha value is -0.410. The van der Waals surface area contributed by atoms with Gasteiger partial charge >= 0.3 is 0 Å². The number of aliphatic hydroxyl groups excluding tert-OH is 1. The largest absolute Gasteiger partial charge is 0.389 e. The number of aliphatic hydroxyl groups is 1. The van der Waals surface area contributed by atoms with Crippen LogP contribution in [0.1, 0.15) is 28.9 Å². The van der Waals surface area contributed by atoms with E-state index in [9.17, 15) is 0 Å². The second-order valence-electron chi connectivity index (χ2n) is 2.52. The maximum atomic E-state index is 8.79. The Balaban J connectivity index is 2.79. The molecule has 0 spiro atoms. The molecule has 0 atom stereocenters. The van der Waals surface area contributed by atoms with E-state index in [1.165, 1.54) is 4.88 Å². The Kier molecular flexibility index (Phi) is 3.02. The predicted octanol–water partition coefficient (Wildman–Crippen LogP) is 1.90. The van der Waals surface area contributed by atoms with E-state index >= 15 is 0 Å². The van der Waals surface area contributed by atoms with E-state index in [2.05, 4.69) is 11.9 Å². The van der Waals surface area contributed by atoms with Gasteiger partial charge in [-0.15, -0.1) is 11.3 Å². The van der Waals surface area contributed by atoms with E-state index in [0.29, 0.717) is 0 Å². The number of hydrogen-bond acceptors (Lipinski definition) is 3. The van der Waals surface area contributed by atoms with Gasteiger partial charge < -0.3 is 5.11 Å². The molecule has 0 fully saturated rings. The van der Waals surface area contributed by atoms with Gasteiger partial charge in [0.2, 0.25) is 0 Å². The average molecular weight is 171 g/mol. The van der Waals surface area contributed by atoms with E-state index in [4.69, 9.17) is 5.11 Å². The van der Waals surface area contributed by atoms with Crippen LogP contribution in [0.2, 0.25) is 0 Å². The zero-order valence-corrected chi connectivity index (χ0v) is 7.74. The van der Waals surface area contributed by atoms with Crippen molar-refractivity contribution in [3.63, 3.8) is 0 Å². The zero-order chi connectivity index (χ0) is 8.27. The van der Waals surface area contributed by atoms with Gasteiger partial charge in [0, 0.05) is 4.88 Å². The molecule has 0 aliphatic rings. The quantitative estimate of drug-likeness (QED) is 0.753. The Labute approximate surface area is 70.9 Å². The van der Waals surface area contributed by atoms with Crippen molar-refractivity contribution in [2.24, 2.45) is 0 Å². The monoisotopic (exact) mass is 171 g/mol. The first-order chi connectivity index (χ1) is 5.27. The molecule has 0 aromatic carbocycles. The van der Waals surface area contributed by atoms with Crippen molar-refractivity contribution < 1.29 is 5.11 Å². The summed E-state index contributed by atoms with van der Waals surface area (Å²) in [4.78, 5) is 5.53. The Morgan fingerprint density at radius 2 is 2.27 bits per heavy atom. The average Bonchev–Trinajstić information content (AvgIpc) is 2.33. The molecule has 1 aromatic rings. The van der Waals surface area contributed by atoms with Crippen LogP contribution in [-0.4, -0.2) is 10.1 Å². The maximum Gasteiger partial charge on any atom is 0.119 e. The first-order valence-electron chi connectivity index (χ1n) is 3.84. The molecule has 2 nitrogen and oxygen atoms in total. The standard InChI is InChI=1S/C8H13NOS/c1-3-4-7-6(2)9-8(5-10)11-7/h10H,3-5H2,1-2H3. The lowest BCUT2D eigenvalue weighted by Crippen LogP contribution is -1.82. The van der Waals surface area contributed by atoms with Crippen LogP contribution in [-0.2, 0) is 13.0 Å². The van der Waals surface area contributed by atoms with Gasteiger partial charge in [-0.25, -0.2) is 4.98 Å². The van der Waals surface area contributed by atoms with Crippen LogP contribution in [0.4, 0.5) is 0 Å². The van der Waals surface area contributed by atoms with Crippen molar-refractivity contribution in [2.75, 3.05) is 0 Å². The summed E-state index contributed by atoms with van der Waals surface area (Å²) in [7, 11) is 0. The molecule has 11 heavy (non-hydrogen) atoms. The summed E-state index contributed by atoms with van der Waals surface area (Å²) in [5.41, 5.74) is 1.08. The Morgan fingerprint density at radius 1 is 1.55 bits per heavy atom. The highest BCUT2D eigenvalue weighted by atomic mass is 32.1. The molecule has 1 N–H and O–H groups in total. The van der Waals surface area contributed by atoms with Crippen molar-refractivity contribution >= 4 is 11.3 Å². The third-order valence-corrected chi connectivity index (χ3v) is 2.75. The molecule has 0 amide bonds. The van der Waals surface area contributed by atoms with Crippen molar-refractivity contribution in [3.8, 4) is 0 Å². The van der Waals surface area contributed by atoms with Crippen LogP contribution in [0.15, 0.2) is 0 Å². The summed E-state index contributed by atoms with van der Waals surface area (Å²) >= 11 is 1.62. The highest BCUT2D eigenvalue weighted by Gasteiger charge is 2.04. The third-order valence-electron chi connectivity index (χ3n) is 1.55. The molecule has 0 radical (unpaired) electrons. The van der Waals surface area contributed by atoms with Crippen molar-refractivity contribution in [2.45, 2.75) is 33.3 Å². The number of aromatic nitrogens is 1. The molecule has 1 aromatic heterocycles. The molecule has 0 saturated carbocycles. The van der Waals surface area contributed by atoms with E-state index in [0.717, 1.165) is 23.5 Å². The molecular formula is C8H13NOS. The summed E-state index contributed by atoms with van der Waals surface area (Å²) in [5, 5.41) is 9.63. The highest BCUT2D eigenvalue weighted by molar-refractivity contribution is 7.11. The minimum atomic E-state index is 0.0786. The zero-order valence-electron chi connectivity index (χ0n) is 6.92. The topological polar surface area (TPSA) is 33.1 Å². The van der Waals surface area contributed by atoms with Crippen molar-refractivity contribution in [1.82, 2.24) is 4.98 Å². The van der Waals surface area contributed by atoms with Gasteiger partial charge in [0.1, 0.15) is 5.01 Å². The summed E-state index contributed by atoms with van der Waals surface area (Å²) in [5.74, 6) is 0. The number of nitrogens with zero attached hydrogens (tertiary/aromatic N) is 1. The van der Waals surface area contributed by atoms with Gasteiger partial charge in [-0.05, 0) is 13.3 Å². The SMILES string of the molecule is CCCc1sc(CO)nc1C. The molecule has 3 heteroatoms. The molecule has 0 aliphatic heterocycles. The third kappa shape index (κ3) is 2.01. The lowest BCUT2D eigenvalue weighted by molar-refractivity contribution is 0.281. The molecule has 0 aliphatic carbocycles. The van der Waals surface area contributed by atoms with Gasteiger partial charge in [-0.1, -0.05) is 13.3 Å². The summed E-state index contributed by atoms with van der Waals surface area (Å²) < 4.78 is 0. The van der Waals surface area contributed by atoms with Gasteiger partial charge in [-0.3, -0.25) is 0 Å². The fourth-order valence-electron chi connectivity index (χ4n) is 1.01. The lowest BCUT2D eigenvalue weighted by atomic mass is 10.2. The van der Waals surface area contributed by atoms with Crippen LogP contribution in [0.25, 0.3) is 0 Å². The van der Waals surface area contributed by atoms with Gasteiger partial charge in [0.15, 0.2) is 0 Å². The first kappa shape index (κ1) is 8.68. The highest BCUT2D eigenvalue weighted by Crippen LogP contribution is 2.19. The van der Waals surface area contributed by atoms with Crippen LogP contribution >= 0.6 is 11.3 Å². The fraction of sp³-hybridized carbons (Fsp3) is 0.625. The van der Waals surface area contributed by atoms with E-state index in [1.807, 2.05) is 6.92 Å². The van der Waals surface area contributed by atoms with Gasteiger partial charge in [-0.2, -0.15) is 0 Å². The number of aryl methyl sites for hydroxylation is 2. The summed E-state index contributed by atoms with van der Waals surface area (Å²) in [6.45, 7) is 4.23. The molecule has 0 unspecified atom stereocenters. The Morgan fingerprint density at radius 3 is 2.73 bits per heavy atom. The molecule has 1 rings (SSSR count). The van der Waals surface area contributed by atoms with E-state index in [-0.39, 0.29) is 6.61 Å². The molecule has 1 heterocycles. The van der Waals surface area contributed by atoms with Gasteiger partial charge in [0.25, 0.3) is 0 Å². The smallest absolute Gasteiger partial charge is 0.119 e.